The molecule has 0 aromatic rings. The normalized spacial score (nSPS) is 29.7. The fourth-order valence-corrected chi connectivity index (χ4v) is 1.30. The quantitative estimate of drug-likeness (QED) is 0.229. The molecule has 0 heterocycles. The maximum Gasteiger partial charge on any atom is 0.236 e. The summed E-state index contributed by atoms with van der Waals surface area (Å²) in [7, 11) is 0. The van der Waals surface area contributed by atoms with Crippen molar-refractivity contribution < 1.29 is 4.79 Å². The first-order valence-electron chi connectivity index (χ1n) is 2.89. The minimum atomic E-state index is -0.367. The highest BCUT2D eigenvalue weighted by molar-refractivity contribution is 14.1. The van der Waals surface area contributed by atoms with Crippen LogP contribution in [0.5, 0.6) is 0 Å². The van der Waals surface area contributed by atoms with Crippen LogP contribution in [0.1, 0.15) is 6.42 Å². The second-order valence-corrected chi connectivity index (χ2v) is 3.88. The van der Waals surface area contributed by atoms with E-state index in [2.05, 4.69) is 27.6 Å². The summed E-state index contributed by atoms with van der Waals surface area (Å²) in [4.78, 5) is 13.6. The minimum Gasteiger partial charge on any atom is -0.211 e. The van der Waals surface area contributed by atoms with Crippen LogP contribution in [0.4, 0.5) is 0 Å². The zero-order valence-corrected chi connectivity index (χ0v) is 7.41. The van der Waals surface area contributed by atoms with Crippen LogP contribution in [0, 0.1) is 0 Å². The van der Waals surface area contributed by atoms with E-state index in [4.69, 9.17) is 0 Å². The topological polar surface area (TPSA) is 29.4 Å². The number of carbonyl (C=O) groups excluding carboxylic acids is 1. The molecule has 1 rings (SSSR count). The van der Waals surface area contributed by atoms with Crippen LogP contribution in [0.25, 0.3) is 0 Å². The molecule has 1 atom stereocenters. The van der Waals surface area contributed by atoms with Gasteiger partial charge in [0.15, 0.2) is 0 Å². The van der Waals surface area contributed by atoms with Crippen LogP contribution in [0.15, 0.2) is 29.3 Å². The number of nitrogens with zero attached hydrogens (tertiary/aromatic N) is 1. The van der Waals surface area contributed by atoms with Gasteiger partial charge in [0.2, 0.25) is 6.08 Å². The molecule has 1 aliphatic rings. The molecule has 0 saturated carbocycles. The Bertz CT molecular complexity index is 228. The van der Waals surface area contributed by atoms with Crippen molar-refractivity contribution >= 4 is 28.7 Å². The molecule has 0 N–H and O–H groups in total. The van der Waals surface area contributed by atoms with Crippen LogP contribution in [-0.4, -0.2) is 9.63 Å². The Morgan fingerprint density at radius 3 is 2.90 bits per heavy atom. The summed E-state index contributed by atoms with van der Waals surface area (Å²) in [6.07, 6.45) is 10.0. The van der Waals surface area contributed by atoms with E-state index in [9.17, 15) is 4.79 Å². The zero-order valence-electron chi connectivity index (χ0n) is 5.25. The van der Waals surface area contributed by atoms with E-state index in [1.54, 1.807) is 6.08 Å². The van der Waals surface area contributed by atoms with Crippen LogP contribution < -0.4 is 0 Å². The molecule has 0 aromatic heterocycles. The van der Waals surface area contributed by atoms with Crippen molar-refractivity contribution in [1.29, 1.82) is 0 Å². The van der Waals surface area contributed by atoms with Crippen molar-refractivity contribution in [2.45, 2.75) is 9.97 Å². The molecule has 0 aliphatic heterocycles. The molecule has 1 aliphatic carbocycles. The molecule has 0 aromatic carbocycles. The van der Waals surface area contributed by atoms with E-state index in [1.807, 2.05) is 24.3 Å². The molecule has 3 heteroatoms. The fraction of sp³-hybridized carbons (Fsp3) is 0.286. The van der Waals surface area contributed by atoms with Crippen molar-refractivity contribution in [2.24, 2.45) is 4.99 Å². The molecular formula is C7H6INO. The van der Waals surface area contributed by atoms with Gasteiger partial charge in [-0.15, -0.1) is 0 Å². The summed E-state index contributed by atoms with van der Waals surface area (Å²) in [6.45, 7) is 0. The maximum absolute atomic E-state index is 9.92. The molecule has 2 nitrogen and oxygen atoms in total. The lowest BCUT2D eigenvalue weighted by atomic mass is 10.1. The highest BCUT2D eigenvalue weighted by Gasteiger charge is 2.21. The van der Waals surface area contributed by atoms with Crippen LogP contribution >= 0.6 is 22.6 Å². The Hall–Kier alpha value is -0.410. The Balaban J connectivity index is 2.79. The third-order valence-corrected chi connectivity index (χ3v) is 2.28. The van der Waals surface area contributed by atoms with Gasteiger partial charge in [0, 0.05) is 6.42 Å². The van der Waals surface area contributed by atoms with E-state index in [-0.39, 0.29) is 3.55 Å². The Morgan fingerprint density at radius 2 is 2.40 bits per heavy atom. The first kappa shape index (κ1) is 7.69. The lowest BCUT2D eigenvalue weighted by Gasteiger charge is -2.15. The number of halogens is 1. The van der Waals surface area contributed by atoms with Crippen molar-refractivity contribution in [2.75, 3.05) is 0 Å². The van der Waals surface area contributed by atoms with Gasteiger partial charge in [-0.2, -0.15) is 4.99 Å². The number of hydrogen-bond donors (Lipinski definition) is 0. The van der Waals surface area contributed by atoms with E-state index in [0.29, 0.717) is 0 Å². The van der Waals surface area contributed by atoms with Crippen LogP contribution in [-0.2, 0) is 4.79 Å². The number of isocyanates is 1. The first-order valence-corrected chi connectivity index (χ1v) is 3.97. The number of rotatable bonds is 1. The molecule has 0 amide bonds. The molecular weight excluding hydrogens is 241 g/mol. The summed E-state index contributed by atoms with van der Waals surface area (Å²) in [5.41, 5.74) is 0. The fourth-order valence-electron chi connectivity index (χ4n) is 0.742. The van der Waals surface area contributed by atoms with Crippen LogP contribution in [0.3, 0.4) is 0 Å². The van der Waals surface area contributed by atoms with Gasteiger partial charge < -0.3 is 0 Å². The highest BCUT2D eigenvalue weighted by atomic mass is 127. The highest BCUT2D eigenvalue weighted by Crippen LogP contribution is 2.29. The summed E-state index contributed by atoms with van der Waals surface area (Å²) in [6, 6.07) is 0. The minimum absolute atomic E-state index is 0.367. The van der Waals surface area contributed by atoms with Crippen molar-refractivity contribution in [3.63, 3.8) is 0 Å². The van der Waals surface area contributed by atoms with Gasteiger partial charge in [-0.05, 0) is 28.7 Å². The standard InChI is InChI=1S/C7H6INO/c8-7(9-6-10)4-2-1-3-5-7/h1-4H,5H2. The summed E-state index contributed by atoms with van der Waals surface area (Å²) < 4.78 is -0.367. The summed E-state index contributed by atoms with van der Waals surface area (Å²) in [5.74, 6) is 0. The van der Waals surface area contributed by atoms with Gasteiger partial charge in [0.25, 0.3) is 0 Å². The number of allylic oxidation sites excluding steroid dienone is 2. The molecule has 0 spiro atoms. The monoisotopic (exact) mass is 247 g/mol. The van der Waals surface area contributed by atoms with Crippen LogP contribution in [0.2, 0.25) is 0 Å². The average Bonchev–Trinajstić information content (AvgIpc) is 1.89. The molecule has 0 bridgehead atoms. The molecule has 1 unspecified atom stereocenters. The Labute approximate surface area is 72.9 Å². The predicted molar refractivity (Wildman–Crippen MR) is 47.8 cm³/mol. The smallest absolute Gasteiger partial charge is 0.211 e. The largest absolute Gasteiger partial charge is 0.236 e. The first-order chi connectivity index (χ1) is 4.77. The lowest BCUT2D eigenvalue weighted by Crippen LogP contribution is -2.13. The number of alkyl halides is 1. The number of hydrogen-bond acceptors (Lipinski definition) is 2. The predicted octanol–water partition coefficient (Wildman–Crippen LogP) is 1.97. The maximum atomic E-state index is 9.92. The zero-order chi connectivity index (χ0) is 7.45. The van der Waals surface area contributed by atoms with Gasteiger partial charge in [0.1, 0.15) is 3.55 Å². The van der Waals surface area contributed by atoms with Gasteiger partial charge in [-0.3, -0.25) is 0 Å². The molecule has 0 fully saturated rings. The van der Waals surface area contributed by atoms with Crippen molar-refractivity contribution in [1.82, 2.24) is 0 Å². The number of aliphatic imine (C=N–C) groups is 1. The van der Waals surface area contributed by atoms with Gasteiger partial charge >= 0.3 is 0 Å². The van der Waals surface area contributed by atoms with E-state index in [1.165, 1.54) is 0 Å². The molecule has 0 radical (unpaired) electrons. The summed E-state index contributed by atoms with van der Waals surface area (Å²) in [5, 5.41) is 0. The van der Waals surface area contributed by atoms with E-state index < -0.39 is 0 Å². The second-order valence-electron chi connectivity index (χ2n) is 2.01. The van der Waals surface area contributed by atoms with E-state index >= 15 is 0 Å². The molecule has 52 valence electrons. The third kappa shape index (κ3) is 1.78. The van der Waals surface area contributed by atoms with Crippen molar-refractivity contribution in [3.8, 4) is 0 Å². The Morgan fingerprint density at radius 1 is 1.60 bits per heavy atom. The van der Waals surface area contributed by atoms with Gasteiger partial charge in [-0.1, -0.05) is 18.2 Å². The van der Waals surface area contributed by atoms with Gasteiger partial charge in [0.05, 0.1) is 0 Å². The van der Waals surface area contributed by atoms with Crippen molar-refractivity contribution in [3.05, 3.63) is 24.3 Å². The Kier molecular flexibility index (Phi) is 2.40. The third-order valence-electron chi connectivity index (χ3n) is 1.23. The summed E-state index contributed by atoms with van der Waals surface area (Å²) >= 11 is 2.12. The SMILES string of the molecule is O=C=NC1(I)C=CC=CC1. The second kappa shape index (κ2) is 3.12. The molecule has 10 heavy (non-hydrogen) atoms. The average molecular weight is 247 g/mol. The molecule has 0 saturated heterocycles. The van der Waals surface area contributed by atoms with E-state index in [0.717, 1.165) is 6.42 Å². The lowest BCUT2D eigenvalue weighted by molar-refractivity contribution is 0.559. The van der Waals surface area contributed by atoms with Gasteiger partial charge in [-0.25, -0.2) is 4.79 Å².